The molecule has 0 bridgehead atoms. The lowest BCUT2D eigenvalue weighted by Crippen LogP contribution is -2.52. The van der Waals surface area contributed by atoms with E-state index in [1.807, 2.05) is 36.1 Å². The summed E-state index contributed by atoms with van der Waals surface area (Å²) in [6.07, 6.45) is 2.09. The number of carbonyl (C=O) groups is 1. The average molecular weight is 529 g/mol. The van der Waals surface area contributed by atoms with E-state index in [4.69, 9.17) is 19.9 Å². The van der Waals surface area contributed by atoms with E-state index in [9.17, 15) is 9.90 Å². The van der Waals surface area contributed by atoms with Crippen LogP contribution in [0.15, 0.2) is 36.4 Å². The number of hydrogen-bond acceptors (Lipinski definition) is 6. The van der Waals surface area contributed by atoms with E-state index in [0.29, 0.717) is 68.0 Å². The van der Waals surface area contributed by atoms with Gasteiger partial charge in [-0.25, -0.2) is 4.39 Å². The largest absolute Gasteiger partial charge is 0.497 e. The Morgan fingerprint density at radius 1 is 1.26 bits per heavy atom. The molecule has 5 atom stereocenters. The maximum absolute atomic E-state index is 15.5. The van der Waals surface area contributed by atoms with Crippen molar-refractivity contribution < 1.29 is 28.5 Å². The second-order valence-corrected chi connectivity index (χ2v) is 10.6. The average Bonchev–Trinajstić information content (AvgIpc) is 3.36. The molecule has 1 heterocycles. The van der Waals surface area contributed by atoms with Gasteiger partial charge >= 0.3 is 0 Å². The van der Waals surface area contributed by atoms with Crippen LogP contribution in [0.4, 0.5) is 4.39 Å². The van der Waals surface area contributed by atoms with Gasteiger partial charge in [-0.1, -0.05) is 18.2 Å². The number of hydrogen-bond donors (Lipinski definition) is 2. The summed E-state index contributed by atoms with van der Waals surface area (Å²) in [6, 6.07) is 10.7. The second-order valence-electron chi connectivity index (χ2n) is 10.6. The molecule has 1 aliphatic heterocycles. The number of nitrogens with zero attached hydrogens (tertiary/aromatic N) is 1. The molecule has 2 aromatic rings. The van der Waals surface area contributed by atoms with Crippen molar-refractivity contribution in [1.82, 2.24) is 4.90 Å². The quantitative estimate of drug-likeness (QED) is 0.452. The Kier molecular flexibility index (Phi) is 9.76. The normalized spacial score (nSPS) is 23.3. The maximum Gasteiger partial charge on any atom is 0.225 e. The van der Waals surface area contributed by atoms with Crippen LogP contribution in [0.25, 0.3) is 11.1 Å². The SMILES string of the molecule is COCCCC(c1cccc(F)c1-c1cc(C)cc(OC)c1)[C@@H](O)[C@H]1CN(C(=O)[C@@H]2CC[C@H](N)C2)CCO1. The van der Waals surface area contributed by atoms with Gasteiger partial charge in [0.05, 0.1) is 19.8 Å². The van der Waals surface area contributed by atoms with Crippen LogP contribution in [-0.2, 0) is 14.3 Å². The van der Waals surface area contributed by atoms with E-state index >= 15 is 4.39 Å². The van der Waals surface area contributed by atoms with Crippen LogP contribution in [0.5, 0.6) is 5.75 Å². The van der Waals surface area contributed by atoms with E-state index in [0.717, 1.165) is 18.4 Å². The fourth-order valence-electron chi connectivity index (χ4n) is 5.96. The summed E-state index contributed by atoms with van der Waals surface area (Å²) in [4.78, 5) is 15.0. The Morgan fingerprint density at radius 3 is 2.79 bits per heavy atom. The van der Waals surface area contributed by atoms with E-state index < -0.39 is 18.1 Å². The molecule has 1 aliphatic carbocycles. The highest BCUT2D eigenvalue weighted by atomic mass is 19.1. The number of ether oxygens (including phenoxy) is 3. The van der Waals surface area contributed by atoms with Gasteiger partial charge in [-0.3, -0.25) is 4.79 Å². The van der Waals surface area contributed by atoms with Gasteiger partial charge in [0.1, 0.15) is 17.7 Å². The molecular weight excluding hydrogens is 487 g/mol. The highest BCUT2D eigenvalue weighted by molar-refractivity contribution is 5.79. The minimum atomic E-state index is -0.944. The fraction of sp³-hybridized carbons (Fsp3) is 0.567. The molecule has 0 spiro atoms. The maximum atomic E-state index is 15.5. The number of benzene rings is 2. The Hall–Kier alpha value is -2.52. The van der Waals surface area contributed by atoms with Gasteiger partial charge < -0.3 is 30.0 Å². The number of nitrogens with two attached hydrogens (primary N) is 1. The summed E-state index contributed by atoms with van der Waals surface area (Å²) in [5.41, 5.74) is 8.83. The summed E-state index contributed by atoms with van der Waals surface area (Å²) in [5.74, 6) is -0.125. The number of methoxy groups -OCH3 is 2. The molecule has 8 heteroatoms. The summed E-state index contributed by atoms with van der Waals surface area (Å²) < 4.78 is 32.3. The first-order valence-electron chi connectivity index (χ1n) is 13.6. The summed E-state index contributed by atoms with van der Waals surface area (Å²) in [7, 11) is 3.23. The van der Waals surface area contributed by atoms with E-state index in [1.165, 1.54) is 6.07 Å². The zero-order valence-electron chi connectivity index (χ0n) is 22.7. The van der Waals surface area contributed by atoms with Crippen LogP contribution in [0.3, 0.4) is 0 Å². The third-order valence-electron chi connectivity index (χ3n) is 7.90. The van der Waals surface area contributed by atoms with Crippen LogP contribution in [0, 0.1) is 18.7 Å². The molecule has 7 nitrogen and oxygen atoms in total. The number of aryl methyl sites for hydroxylation is 1. The van der Waals surface area contributed by atoms with Crippen LogP contribution in [-0.4, -0.2) is 74.7 Å². The Morgan fingerprint density at radius 2 is 2.08 bits per heavy atom. The number of carbonyl (C=O) groups excluding carboxylic acids is 1. The molecule has 2 fully saturated rings. The van der Waals surface area contributed by atoms with Crippen LogP contribution in [0.1, 0.15) is 49.1 Å². The zero-order chi connectivity index (χ0) is 27.2. The van der Waals surface area contributed by atoms with Crippen molar-refractivity contribution in [3.63, 3.8) is 0 Å². The molecule has 38 heavy (non-hydrogen) atoms. The third-order valence-corrected chi connectivity index (χ3v) is 7.90. The molecule has 1 amide bonds. The fourth-order valence-corrected chi connectivity index (χ4v) is 5.96. The molecule has 0 radical (unpaired) electrons. The van der Waals surface area contributed by atoms with Crippen molar-refractivity contribution in [2.24, 2.45) is 11.7 Å². The van der Waals surface area contributed by atoms with Crippen molar-refractivity contribution in [3.05, 3.63) is 53.3 Å². The van der Waals surface area contributed by atoms with Gasteiger partial charge in [0.2, 0.25) is 5.91 Å². The molecule has 0 aromatic heterocycles. The Balaban J connectivity index is 1.64. The summed E-state index contributed by atoms with van der Waals surface area (Å²) >= 11 is 0. The number of morpholine rings is 1. The first kappa shape index (κ1) is 28.5. The van der Waals surface area contributed by atoms with E-state index in [-0.39, 0.29) is 23.7 Å². The smallest absolute Gasteiger partial charge is 0.225 e. The molecule has 3 N–H and O–H groups in total. The number of rotatable bonds is 10. The van der Waals surface area contributed by atoms with Crippen molar-refractivity contribution >= 4 is 5.91 Å². The summed E-state index contributed by atoms with van der Waals surface area (Å²) in [5, 5.41) is 11.7. The lowest BCUT2D eigenvalue weighted by atomic mass is 9.81. The Labute approximate surface area is 225 Å². The molecule has 1 saturated carbocycles. The van der Waals surface area contributed by atoms with E-state index in [2.05, 4.69) is 0 Å². The number of amides is 1. The van der Waals surface area contributed by atoms with Crippen LogP contribution >= 0.6 is 0 Å². The van der Waals surface area contributed by atoms with Gasteiger partial charge in [0, 0.05) is 50.2 Å². The molecular formula is C30H41FN2O5. The van der Waals surface area contributed by atoms with Gasteiger partial charge in [0.25, 0.3) is 0 Å². The van der Waals surface area contributed by atoms with Gasteiger partial charge in [-0.2, -0.15) is 0 Å². The van der Waals surface area contributed by atoms with Crippen molar-refractivity contribution in [1.29, 1.82) is 0 Å². The predicted octanol–water partition coefficient (Wildman–Crippen LogP) is 4.04. The molecule has 208 valence electrons. The molecule has 1 saturated heterocycles. The highest BCUT2D eigenvalue weighted by Crippen LogP contribution is 2.39. The molecule has 4 rings (SSSR count). The standard InChI is InChI=1S/C30H41FN2O5/c1-19-14-21(17-23(15-19)37-3)28-24(6-4-8-26(28)31)25(7-5-12-36-2)29(34)27-18-33(11-13-38-27)30(35)20-9-10-22(32)16-20/h4,6,8,14-15,17,20,22,25,27,29,34H,5,7,9-13,16,18,32H2,1-3H3/t20-,22+,25?,27-,29-/m1/s1. The minimum Gasteiger partial charge on any atom is -0.497 e. The number of aliphatic hydroxyl groups excluding tert-OH is 1. The summed E-state index contributed by atoms with van der Waals surface area (Å²) in [6.45, 7) is 3.61. The lowest BCUT2D eigenvalue weighted by molar-refractivity contribution is -0.149. The Bertz CT molecular complexity index is 1100. The third kappa shape index (κ3) is 6.54. The molecule has 2 aromatic carbocycles. The first-order valence-corrected chi connectivity index (χ1v) is 13.6. The van der Waals surface area contributed by atoms with Crippen molar-refractivity contribution in [3.8, 4) is 16.9 Å². The van der Waals surface area contributed by atoms with Crippen molar-refractivity contribution in [2.45, 2.75) is 63.2 Å². The van der Waals surface area contributed by atoms with E-state index in [1.54, 1.807) is 20.3 Å². The van der Waals surface area contributed by atoms with Gasteiger partial charge in [-0.15, -0.1) is 0 Å². The van der Waals surface area contributed by atoms with Crippen LogP contribution < -0.4 is 10.5 Å². The van der Waals surface area contributed by atoms with Crippen LogP contribution in [0.2, 0.25) is 0 Å². The highest BCUT2D eigenvalue weighted by Gasteiger charge is 2.38. The first-order chi connectivity index (χ1) is 18.3. The van der Waals surface area contributed by atoms with Crippen molar-refractivity contribution in [2.75, 3.05) is 40.5 Å². The monoisotopic (exact) mass is 528 g/mol. The predicted molar refractivity (Wildman–Crippen MR) is 145 cm³/mol. The minimum absolute atomic E-state index is 0.0653. The van der Waals surface area contributed by atoms with Gasteiger partial charge in [-0.05, 0) is 73.9 Å². The topological polar surface area (TPSA) is 94.2 Å². The lowest BCUT2D eigenvalue weighted by Gasteiger charge is -2.39. The zero-order valence-corrected chi connectivity index (χ0v) is 22.7. The van der Waals surface area contributed by atoms with Gasteiger partial charge in [0.15, 0.2) is 0 Å². The molecule has 1 unspecified atom stereocenters. The number of halogens is 1. The number of aliphatic hydroxyl groups is 1. The second kappa shape index (κ2) is 13.0. The molecule has 2 aliphatic rings.